The van der Waals surface area contributed by atoms with Gasteiger partial charge < -0.3 is 10.3 Å². The first-order valence-electron chi connectivity index (χ1n) is 6.98. The van der Waals surface area contributed by atoms with Gasteiger partial charge >= 0.3 is 0 Å². The minimum absolute atomic E-state index is 0.583. The Morgan fingerprint density at radius 1 is 1.22 bits per heavy atom. The zero-order valence-electron chi connectivity index (χ0n) is 11.7. The van der Waals surface area contributed by atoms with Crippen molar-refractivity contribution in [1.29, 1.82) is 0 Å². The predicted molar refractivity (Wildman–Crippen MR) is 78.7 cm³/mol. The summed E-state index contributed by atoms with van der Waals surface area (Å²) in [6.07, 6.45) is 4.51. The molecule has 0 aliphatic heterocycles. The molecule has 2 rings (SSSR count). The topological polar surface area (TPSA) is 27.8 Å². The molecular weight excluding hydrogens is 220 g/mol. The number of aromatic nitrogens is 1. The molecule has 1 aromatic heterocycles. The Kier molecular flexibility index (Phi) is 4.43. The van der Waals surface area contributed by atoms with Gasteiger partial charge in [-0.15, -0.1) is 0 Å². The van der Waals surface area contributed by atoms with Gasteiger partial charge in [-0.25, -0.2) is 0 Å². The molecule has 2 atom stereocenters. The standard InChI is InChI=1S/C16H24N2/c1-4-12(2)9-13(3)18-11-14-5-6-15-7-8-17-16(15)10-14/h5-8,10,12-13,17-18H,4,9,11H2,1-3H3. The Labute approximate surface area is 110 Å². The fourth-order valence-corrected chi connectivity index (χ4v) is 2.35. The zero-order valence-corrected chi connectivity index (χ0v) is 11.7. The molecular formula is C16H24N2. The summed E-state index contributed by atoms with van der Waals surface area (Å²) < 4.78 is 0. The van der Waals surface area contributed by atoms with Gasteiger partial charge in [-0.2, -0.15) is 0 Å². The maximum atomic E-state index is 3.61. The van der Waals surface area contributed by atoms with Gasteiger partial charge in [-0.05, 0) is 42.3 Å². The van der Waals surface area contributed by atoms with Gasteiger partial charge in [0.25, 0.3) is 0 Å². The normalized spacial score (nSPS) is 14.8. The van der Waals surface area contributed by atoms with Gasteiger partial charge in [-0.1, -0.05) is 32.4 Å². The third-order valence-corrected chi connectivity index (χ3v) is 3.73. The molecule has 0 amide bonds. The molecule has 0 aliphatic carbocycles. The van der Waals surface area contributed by atoms with Crippen LogP contribution in [0.1, 0.15) is 39.2 Å². The van der Waals surface area contributed by atoms with Gasteiger partial charge in [-0.3, -0.25) is 0 Å². The molecule has 2 heteroatoms. The lowest BCUT2D eigenvalue weighted by molar-refractivity contribution is 0.412. The van der Waals surface area contributed by atoms with E-state index in [9.17, 15) is 0 Å². The van der Waals surface area contributed by atoms with E-state index in [4.69, 9.17) is 0 Å². The zero-order chi connectivity index (χ0) is 13.0. The average molecular weight is 244 g/mol. The van der Waals surface area contributed by atoms with Crippen molar-refractivity contribution >= 4 is 10.9 Å². The number of hydrogen-bond donors (Lipinski definition) is 2. The highest BCUT2D eigenvalue weighted by molar-refractivity contribution is 5.79. The first-order valence-corrected chi connectivity index (χ1v) is 6.98. The summed E-state index contributed by atoms with van der Waals surface area (Å²) in [5, 5.41) is 4.89. The summed E-state index contributed by atoms with van der Waals surface area (Å²) in [5.41, 5.74) is 2.57. The molecule has 0 saturated carbocycles. The Morgan fingerprint density at radius 2 is 2.06 bits per heavy atom. The summed E-state index contributed by atoms with van der Waals surface area (Å²) in [4.78, 5) is 3.26. The molecule has 1 heterocycles. The van der Waals surface area contributed by atoms with Crippen LogP contribution in [0.3, 0.4) is 0 Å². The fraction of sp³-hybridized carbons (Fsp3) is 0.500. The molecule has 0 saturated heterocycles. The minimum atomic E-state index is 0.583. The average Bonchev–Trinajstić information content (AvgIpc) is 2.83. The van der Waals surface area contributed by atoms with E-state index >= 15 is 0 Å². The number of aromatic amines is 1. The Balaban J connectivity index is 1.89. The monoisotopic (exact) mass is 244 g/mol. The highest BCUT2D eigenvalue weighted by Crippen LogP contribution is 2.15. The van der Waals surface area contributed by atoms with Crippen molar-refractivity contribution in [2.24, 2.45) is 5.92 Å². The van der Waals surface area contributed by atoms with Crippen molar-refractivity contribution in [2.75, 3.05) is 0 Å². The quantitative estimate of drug-likeness (QED) is 0.787. The van der Waals surface area contributed by atoms with E-state index in [-0.39, 0.29) is 0 Å². The summed E-state index contributed by atoms with van der Waals surface area (Å²) in [6, 6.07) is 9.32. The molecule has 2 aromatic rings. The summed E-state index contributed by atoms with van der Waals surface area (Å²) in [5.74, 6) is 0.804. The number of benzene rings is 1. The van der Waals surface area contributed by atoms with E-state index in [1.807, 2.05) is 6.20 Å². The molecule has 2 nitrogen and oxygen atoms in total. The van der Waals surface area contributed by atoms with Crippen molar-refractivity contribution in [2.45, 2.75) is 46.2 Å². The predicted octanol–water partition coefficient (Wildman–Crippen LogP) is 4.08. The second-order valence-electron chi connectivity index (χ2n) is 5.43. The minimum Gasteiger partial charge on any atom is -0.361 e. The van der Waals surface area contributed by atoms with Crippen LogP contribution in [0.15, 0.2) is 30.5 Å². The summed E-state index contributed by atoms with van der Waals surface area (Å²) in [7, 11) is 0. The van der Waals surface area contributed by atoms with Crippen LogP contribution in [0.4, 0.5) is 0 Å². The van der Waals surface area contributed by atoms with E-state index < -0.39 is 0 Å². The second kappa shape index (κ2) is 6.05. The highest BCUT2D eigenvalue weighted by Gasteiger charge is 2.06. The third kappa shape index (κ3) is 3.36. The van der Waals surface area contributed by atoms with Crippen LogP contribution in [0.2, 0.25) is 0 Å². The largest absolute Gasteiger partial charge is 0.361 e. The molecule has 0 aliphatic rings. The van der Waals surface area contributed by atoms with Crippen LogP contribution >= 0.6 is 0 Å². The van der Waals surface area contributed by atoms with Crippen LogP contribution in [0.25, 0.3) is 10.9 Å². The summed E-state index contributed by atoms with van der Waals surface area (Å²) >= 11 is 0. The second-order valence-corrected chi connectivity index (χ2v) is 5.43. The van der Waals surface area contributed by atoms with Crippen molar-refractivity contribution in [3.05, 3.63) is 36.0 Å². The number of rotatable bonds is 6. The van der Waals surface area contributed by atoms with Crippen molar-refractivity contribution in [3.8, 4) is 0 Å². The van der Waals surface area contributed by atoms with Crippen molar-refractivity contribution in [3.63, 3.8) is 0 Å². The smallest absolute Gasteiger partial charge is 0.0457 e. The number of fused-ring (bicyclic) bond motifs is 1. The number of nitrogens with one attached hydrogen (secondary N) is 2. The van der Waals surface area contributed by atoms with E-state index in [2.05, 4.69) is 55.3 Å². The van der Waals surface area contributed by atoms with Gasteiger partial charge in [0.15, 0.2) is 0 Å². The van der Waals surface area contributed by atoms with E-state index in [0.717, 1.165) is 12.5 Å². The molecule has 2 unspecified atom stereocenters. The Hall–Kier alpha value is -1.28. The third-order valence-electron chi connectivity index (χ3n) is 3.73. The molecule has 0 spiro atoms. The lowest BCUT2D eigenvalue weighted by atomic mass is 10.0. The van der Waals surface area contributed by atoms with E-state index in [0.29, 0.717) is 6.04 Å². The maximum Gasteiger partial charge on any atom is 0.0457 e. The van der Waals surface area contributed by atoms with Crippen LogP contribution in [-0.4, -0.2) is 11.0 Å². The van der Waals surface area contributed by atoms with Gasteiger partial charge in [0.05, 0.1) is 0 Å². The lowest BCUT2D eigenvalue weighted by Gasteiger charge is -2.17. The Morgan fingerprint density at radius 3 is 2.83 bits per heavy atom. The molecule has 2 N–H and O–H groups in total. The molecule has 98 valence electrons. The van der Waals surface area contributed by atoms with Crippen LogP contribution in [0, 0.1) is 5.92 Å². The molecule has 0 radical (unpaired) electrons. The van der Waals surface area contributed by atoms with Crippen molar-refractivity contribution in [1.82, 2.24) is 10.3 Å². The van der Waals surface area contributed by atoms with E-state index in [1.54, 1.807) is 0 Å². The van der Waals surface area contributed by atoms with Crippen LogP contribution in [0.5, 0.6) is 0 Å². The van der Waals surface area contributed by atoms with Gasteiger partial charge in [0.2, 0.25) is 0 Å². The number of H-pyrrole nitrogens is 1. The Bertz CT molecular complexity index is 487. The van der Waals surface area contributed by atoms with Gasteiger partial charge in [0, 0.05) is 24.3 Å². The molecule has 18 heavy (non-hydrogen) atoms. The van der Waals surface area contributed by atoms with Gasteiger partial charge in [0.1, 0.15) is 0 Å². The molecule has 1 aromatic carbocycles. The summed E-state index contributed by atoms with van der Waals surface area (Å²) in [6.45, 7) is 7.81. The van der Waals surface area contributed by atoms with E-state index in [1.165, 1.54) is 29.3 Å². The number of hydrogen-bond acceptors (Lipinski definition) is 1. The first kappa shape index (κ1) is 13.2. The van der Waals surface area contributed by atoms with Crippen LogP contribution < -0.4 is 5.32 Å². The lowest BCUT2D eigenvalue weighted by Crippen LogP contribution is -2.27. The first-order chi connectivity index (χ1) is 8.69. The van der Waals surface area contributed by atoms with Crippen molar-refractivity contribution < 1.29 is 0 Å². The molecule has 0 bridgehead atoms. The SMILES string of the molecule is CCC(C)CC(C)NCc1ccc2cc[nH]c2c1. The maximum absolute atomic E-state index is 3.61. The fourth-order valence-electron chi connectivity index (χ4n) is 2.35. The molecule has 0 fully saturated rings. The highest BCUT2D eigenvalue weighted by atomic mass is 14.9. The van der Waals surface area contributed by atoms with Crippen LogP contribution in [-0.2, 0) is 6.54 Å².